The summed E-state index contributed by atoms with van der Waals surface area (Å²) in [6.45, 7) is 5.46. The quantitative estimate of drug-likeness (QED) is 0.191. The average Bonchev–Trinajstić information content (AvgIpc) is 3.43. The molecule has 5 aromatic rings. The third-order valence-corrected chi connectivity index (χ3v) is 6.96. The van der Waals surface area contributed by atoms with Gasteiger partial charge < -0.3 is 15.4 Å². The second-order valence-electron chi connectivity index (χ2n) is 9.82. The van der Waals surface area contributed by atoms with Crippen molar-refractivity contribution in [1.82, 2.24) is 26.0 Å². The van der Waals surface area contributed by atoms with E-state index in [1.165, 1.54) is 13.2 Å². The molecule has 0 saturated heterocycles. The molecule has 0 unspecified atom stereocenters. The summed E-state index contributed by atoms with van der Waals surface area (Å²) in [6.07, 6.45) is 1.51. The van der Waals surface area contributed by atoms with Crippen LogP contribution in [-0.4, -0.2) is 40.3 Å². The molecule has 2 amide bonds. The Morgan fingerprint density at radius 3 is 2.34 bits per heavy atom. The number of aryl methyl sites for hydroxylation is 2. The number of esters is 1. The molecule has 4 aromatic carbocycles. The summed E-state index contributed by atoms with van der Waals surface area (Å²) in [5, 5.41) is 18.6. The highest BCUT2D eigenvalue weighted by atomic mass is 16.5. The summed E-state index contributed by atoms with van der Waals surface area (Å²) in [4.78, 5) is 39.1. The lowest BCUT2D eigenvalue weighted by molar-refractivity contribution is -0.136. The first kappa shape index (κ1) is 27.3. The van der Waals surface area contributed by atoms with E-state index in [2.05, 4.69) is 26.0 Å². The molecule has 9 heteroatoms. The molecule has 206 valence electrons. The molecule has 1 heterocycles. The van der Waals surface area contributed by atoms with Gasteiger partial charge in [-0.25, -0.2) is 4.79 Å². The second-order valence-corrected chi connectivity index (χ2v) is 9.82. The predicted octanol–water partition coefficient (Wildman–Crippen LogP) is 5.16. The van der Waals surface area contributed by atoms with Gasteiger partial charge in [-0.05, 0) is 84.1 Å². The Morgan fingerprint density at radius 2 is 1.59 bits per heavy atom. The van der Waals surface area contributed by atoms with E-state index in [-0.39, 0.29) is 17.6 Å². The Bertz CT molecular complexity index is 1810. The highest BCUT2D eigenvalue weighted by Gasteiger charge is 2.21. The maximum Gasteiger partial charge on any atom is 0.354 e. The number of methoxy groups -OCH3 is 1. The molecule has 0 spiro atoms. The molecule has 1 atom stereocenters. The molecule has 0 saturated carbocycles. The van der Waals surface area contributed by atoms with Gasteiger partial charge in [0.2, 0.25) is 0 Å². The molecule has 0 aliphatic heterocycles. The topological polar surface area (TPSA) is 126 Å². The minimum Gasteiger partial charge on any atom is -0.464 e. The summed E-state index contributed by atoms with van der Waals surface area (Å²) in [5.41, 5.74) is 4.90. The largest absolute Gasteiger partial charge is 0.464 e. The standard InChI is InChI=1S/C32H29N5O4/c1-18-14-23(30(38)33-20(3)24-11-7-9-22-8-5-6-10-25(22)24)15-19(2)29(18)31(39)34-28(32(40)41-4)17-21-12-13-26-27(16-21)36-37-35-26/h5-17,20H,1-4H3,(H,33,38)(H,34,39)(H,35,36,37)/b28-17-/t20-/m1/s1. The lowest BCUT2D eigenvalue weighted by Crippen LogP contribution is -2.30. The number of nitrogens with one attached hydrogen (secondary N) is 3. The summed E-state index contributed by atoms with van der Waals surface area (Å²) >= 11 is 0. The minimum absolute atomic E-state index is 0.0372. The van der Waals surface area contributed by atoms with Gasteiger partial charge in [0.05, 0.1) is 13.2 Å². The molecule has 0 radical (unpaired) electrons. The number of nitrogens with zero attached hydrogens (tertiary/aromatic N) is 2. The molecule has 0 fully saturated rings. The third kappa shape index (κ3) is 5.69. The lowest BCUT2D eigenvalue weighted by Gasteiger charge is -2.18. The number of H-pyrrole nitrogens is 1. The first-order valence-electron chi connectivity index (χ1n) is 13.1. The van der Waals surface area contributed by atoms with Crippen LogP contribution < -0.4 is 10.6 Å². The van der Waals surface area contributed by atoms with Crippen molar-refractivity contribution < 1.29 is 19.1 Å². The van der Waals surface area contributed by atoms with Crippen molar-refractivity contribution in [2.24, 2.45) is 0 Å². The van der Waals surface area contributed by atoms with Gasteiger partial charge in [-0.1, -0.05) is 48.5 Å². The van der Waals surface area contributed by atoms with Crippen LogP contribution >= 0.6 is 0 Å². The van der Waals surface area contributed by atoms with Crippen LogP contribution in [0.15, 0.2) is 78.5 Å². The van der Waals surface area contributed by atoms with Gasteiger partial charge in [-0.3, -0.25) is 9.59 Å². The van der Waals surface area contributed by atoms with E-state index in [4.69, 9.17) is 4.74 Å². The number of ether oxygens (including phenoxy) is 1. The van der Waals surface area contributed by atoms with Gasteiger partial charge in [0, 0.05) is 11.1 Å². The number of rotatable bonds is 7. The number of carbonyl (C=O) groups is 3. The summed E-state index contributed by atoms with van der Waals surface area (Å²) in [5.74, 6) is -1.44. The number of hydrogen-bond donors (Lipinski definition) is 3. The zero-order chi connectivity index (χ0) is 29.1. The SMILES string of the molecule is COC(=O)/C(=C/c1ccc2n[nH]nc2c1)NC(=O)c1c(C)cc(C(=O)N[C@H](C)c2cccc3ccccc23)cc1C. The zero-order valence-electron chi connectivity index (χ0n) is 23.1. The van der Waals surface area contributed by atoms with Crippen LogP contribution in [0.5, 0.6) is 0 Å². The molecular weight excluding hydrogens is 518 g/mol. The Hall–Kier alpha value is -5.31. The van der Waals surface area contributed by atoms with Crippen LogP contribution in [0, 0.1) is 13.8 Å². The van der Waals surface area contributed by atoms with Gasteiger partial charge in [0.25, 0.3) is 11.8 Å². The molecule has 0 aliphatic rings. The highest BCUT2D eigenvalue weighted by Crippen LogP contribution is 2.25. The van der Waals surface area contributed by atoms with Crippen molar-refractivity contribution in [3.8, 4) is 0 Å². The molecule has 0 bridgehead atoms. The predicted molar refractivity (Wildman–Crippen MR) is 157 cm³/mol. The van der Waals surface area contributed by atoms with E-state index < -0.39 is 11.9 Å². The van der Waals surface area contributed by atoms with Crippen molar-refractivity contribution in [2.45, 2.75) is 26.8 Å². The highest BCUT2D eigenvalue weighted by molar-refractivity contribution is 6.06. The van der Waals surface area contributed by atoms with Gasteiger partial charge in [0.1, 0.15) is 16.7 Å². The number of carbonyl (C=O) groups excluding carboxylic acids is 3. The second kappa shape index (κ2) is 11.4. The normalized spacial score (nSPS) is 12.2. The smallest absolute Gasteiger partial charge is 0.354 e. The molecule has 5 rings (SSSR count). The van der Waals surface area contributed by atoms with E-state index >= 15 is 0 Å². The summed E-state index contributed by atoms with van der Waals surface area (Å²) < 4.78 is 4.90. The molecule has 3 N–H and O–H groups in total. The monoisotopic (exact) mass is 547 g/mol. The average molecular weight is 548 g/mol. The maximum atomic E-state index is 13.4. The van der Waals surface area contributed by atoms with Crippen LogP contribution in [0.1, 0.15) is 55.9 Å². The first-order chi connectivity index (χ1) is 19.7. The van der Waals surface area contributed by atoms with E-state index in [0.717, 1.165) is 16.3 Å². The first-order valence-corrected chi connectivity index (χ1v) is 13.1. The minimum atomic E-state index is -0.702. The third-order valence-electron chi connectivity index (χ3n) is 6.96. The van der Waals surface area contributed by atoms with Crippen LogP contribution in [0.4, 0.5) is 0 Å². The van der Waals surface area contributed by atoms with Crippen molar-refractivity contribution in [2.75, 3.05) is 7.11 Å². The summed E-state index contributed by atoms with van der Waals surface area (Å²) in [7, 11) is 1.24. The number of amides is 2. The number of fused-ring (bicyclic) bond motifs is 2. The fourth-order valence-electron chi connectivity index (χ4n) is 4.99. The van der Waals surface area contributed by atoms with E-state index in [1.807, 2.05) is 49.4 Å². The van der Waals surface area contributed by atoms with Gasteiger partial charge in [-0.2, -0.15) is 15.4 Å². The Morgan fingerprint density at radius 1 is 0.878 bits per heavy atom. The molecular formula is C32H29N5O4. The number of aromatic amines is 1. The van der Waals surface area contributed by atoms with E-state index in [9.17, 15) is 14.4 Å². The Labute approximate surface area is 236 Å². The fraction of sp³-hybridized carbons (Fsp3) is 0.156. The van der Waals surface area contributed by atoms with Crippen LogP contribution in [0.2, 0.25) is 0 Å². The zero-order valence-corrected chi connectivity index (χ0v) is 23.1. The van der Waals surface area contributed by atoms with Crippen molar-refractivity contribution >= 4 is 45.7 Å². The van der Waals surface area contributed by atoms with E-state index in [0.29, 0.717) is 38.9 Å². The van der Waals surface area contributed by atoms with Gasteiger partial charge in [-0.15, -0.1) is 0 Å². The van der Waals surface area contributed by atoms with Gasteiger partial charge in [0.15, 0.2) is 0 Å². The van der Waals surface area contributed by atoms with E-state index in [1.54, 1.807) is 44.2 Å². The number of hydrogen-bond acceptors (Lipinski definition) is 6. The number of benzene rings is 4. The van der Waals surface area contributed by atoms with Crippen LogP contribution in [-0.2, 0) is 9.53 Å². The van der Waals surface area contributed by atoms with Gasteiger partial charge >= 0.3 is 5.97 Å². The molecule has 41 heavy (non-hydrogen) atoms. The van der Waals surface area contributed by atoms with Crippen LogP contribution in [0.3, 0.4) is 0 Å². The Kier molecular flexibility index (Phi) is 7.60. The van der Waals surface area contributed by atoms with Crippen molar-refractivity contribution in [3.05, 3.63) is 112 Å². The lowest BCUT2D eigenvalue weighted by atomic mass is 9.97. The molecule has 9 nitrogen and oxygen atoms in total. The van der Waals surface area contributed by atoms with Crippen molar-refractivity contribution in [3.63, 3.8) is 0 Å². The molecule has 1 aromatic heterocycles. The number of aromatic nitrogens is 3. The van der Waals surface area contributed by atoms with Crippen LogP contribution in [0.25, 0.3) is 27.9 Å². The fourth-order valence-corrected chi connectivity index (χ4v) is 4.99. The maximum absolute atomic E-state index is 13.4. The summed E-state index contributed by atoms with van der Waals surface area (Å²) in [6, 6.07) is 22.4. The van der Waals surface area contributed by atoms with Crippen molar-refractivity contribution in [1.29, 1.82) is 0 Å². The molecule has 0 aliphatic carbocycles. The Balaban J connectivity index is 1.36.